The normalized spacial score (nSPS) is 17.1. The van der Waals surface area contributed by atoms with Gasteiger partial charge in [0.25, 0.3) is 0 Å². The molecule has 2 aromatic rings. The molecular weight excluding hydrogens is 432 g/mol. The molecule has 2 amide bonds. The molecule has 0 heterocycles. The molecule has 7 nitrogen and oxygen atoms in total. The summed E-state index contributed by atoms with van der Waals surface area (Å²) in [5.74, 6) is -1.19. The Hall–Kier alpha value is -3.35. The number of fused-ring (bicyclic) bond motifs is 3. The molecule has 1 fully saturated rings. The summed E-state index contributed by atoms with van der Waals surface area (Å²) in [4.78, 5) is 36.9. The molecule has 0 saturated heterocycles. The molecule has 7 heteroatoms. The van der Waals surface area contributed by atoms with Gasteiger partial charge in [0.2, 0.25) is 5.91 Å². The van der Waals surface area contributed by atoms with Crippen molar-refractivity contribution in [3.8, 4) is 11.1 Å². The van der Waals surface area contributed by atoms with E-state index in [-0.39, 0.29) is 30.9 Å². The fourth-order valence-corrected chi connectivity index (χ4v) is 4.63. The molecule has 0 spiro atoms. The van der Waals surface area contributed by atoms with Crippen molar-refractivity contribution in [2.45, 2.75) is 51.5 Å². The first-order valence-corrected chi connectivity index (χ1v) is 12.0. The first kappa shape index (κ1) is 23.8. The lowest BCUT2D eigenvalue weighted by atomic mass is 9.98. The Morgan fingerprint density at radius 2 is 1.65 bits per heavy atom. The number of carbonyl (C=O) groups is 3. The number of hydrogen-bond donors (Lipinski definition) is 3. The zero-order chi connectivity index (χ0) is 24.3. The number of rotatable bonds is 10. The van der Waals surface area contributed by atoms with Crippen molar-refractivity contribution in [1.29, 1.82) is 0 Å². The van der Waals surface area contributed by atoms with Crippen LogP contribution >= 0.6 is 0 Å². The third-order valence-electron chi connectivity index (χ3n) is 7.19. The van der Waals surface area contributed by atoms with Crippen LogP contribution in [-0.2, 0) is 14.3 Å². The smallest absolute Gasteiger partial charge is 0.407 e. The maximum Gasteiger partial charge on any atom is 0.407 e. The van der Waals surface area contributed by atoms with Crippen LogP contribution in [0.25, 0.3) is 11.1 Å². The van der Waals surface area contributed by atoms with Crippen LogP contribution in [0.5, 0.6) is 0 Å². The van der Waals surface area contributed by atoms with E-state index in [1.54, 1.807) is 0 Å². The first-order chi connectivity index (χ1) is 16.3. The number of benzene rings is 2. The van der Waals surface area contributed by atoms with Crippen LogP contribution < -0.4 is 10.6 Å². The number of carboxylic acids is 1. The number of alkyl carbamates (subject to hydrolysis) is 1. The SMILES string of the molecule is CCC(C)CC(NC(=O)C1(CNC(=O)OCC2c3ccccc3-c3ccccc32)CC1)C(=O)O. The van der Waals surface area contributed by atoms with Crippen molar-refractivity contribution in [3.63, 3.8) is 0 Å². The Balaban J connectivity index is 1.31. The van der Waals surface area contributed by atoms with Crippen molar-refractivity contribution in [1.82, 2.24) is 10.6 Å². The summed E-state index contributed by atoms with van der Waals surface area (Å²) in [5, 5.41) is 14.9. The summed E-state index contributed by atoms with van der Waals surface area (Å²) < 4.78 is 5.55. The summed E-state index contributed by atoms with van der Waals surface area (Å²) in [7, 11) is 0. The monoisotopic (exact) mass is 464 g/mol. The van der Waals surface area contributed by atoms with Crippen LogP contribution in [-0.4, -0.2) is 42.3 Å². The third-order valence-corrected chi connectivity index (χ3v) is 7.19. The molecule has 2 aromatic carbocycles. The average molecular weight is 465 g/mol. The fraction of sp³-hybridized carbons (Fsp3) is 0.444. The highest BCUT2D eigenvalue weighted by molar-refractivity contribution is 5.90. The lowest BCUT2D eigenvalue weighted by Gasteiger charge is -2.22. The Morgan fingerprint density at radius 3 is 2.18 bits per heavy atom. The second kappa shape index (κ2) is 9.87. The van der Waals surface area contributed by atoms with Gasteiger partial charge in [-0.1, -0.05) is 68.8 Å². The number of amides is 2. The van der Waals surface area contributed by atoms with Gasteiger partial charge in [-0.2, -0.15) is 0 Å². The number of hydrogen-bond acceptors (Lipinski definition) is 4. The lowest BCUT2D eigenvalue weighted by molar-refractivity contribution is -0.143. The van der Waals surface area contributed by atoms with Gasteiger partial charge in [0.1, 0.15) is 12.6 Å². The molecule has 0 bridgehead atoms. The van der Waals surface area contributed by atoms with Crippen LogP contribution in [0, 0.1) is 11.3 Å². The summed E-state index contributed by atoms with van der Waals surface area (Å²) >= 11 is 0. The van der Waals surface area contributed by atoms with Crippen molar-refractivity contribution in [2.75, 3.05) is 13.2 Å². The van der Waals surface area contributed by atoms with Gasteiger partial charge in [-0.15, -0.1) is 0 Å². The second-order valence-corrected chi connectivity index (χ2v) is 9.57. The van der Waals surface area contributed by atoms with E-state index in [1.165, 1.54) is 0 Å². The first-order valence-electron chi connectivity index (χ1n) is 12.0. The van der Waals surface area contributed by atoms with Crippen LogP contribution in [0.4, 0.5) is 4.79 Å². The van der Waals surface area contributed by atoms with Gasteiger partial charge >= 0.3 is 12.1 Å². The van der Waals surface area contributed by atoms with Gasteiger partial charge in [0.15, 0.2) is 0 Å². The molecule has 2 unspecified atom stereocenters. The lowest BCUT2D eigenvalue weighted by Crippen LogP contribution is -2.48. The largest absolute Gasteiger partial charge is 0.480 e. The van der Waals surface area contributed by atoms with Crippen LogP contribution in [0.1, 0.15) is 56.6 Å². The zero-order valence-corrected chi connectivity index (χ0v) is 19.7. The van der Waals surface area contributed by atoms with Crippen molar-refractivity contribution < 1.29 is 24.2 Å². The molecule has 34 heavy (non-hydrogen) atoms. The van der Waals surface area contributed by atoms with Crippen LogP contribution in [0.2, 0.25) is 0 Å². The van der Waals surface area contributed by atoms with Gasteiger partial charge in [-0.05, 0) is 47.4 Å². The van der Waals surface area contributed by atoms with Gasteiger partial charge in [-0.3, -0.25) is 4.79 Å². The number of aliphatic carboxylic acids is 1. The summed E-state index contributed by atoms with van der Waals surface area (Å²) in [6.45, 7) is 4.29. The van der Waals surface area contributed by atoms with Crippen LogP contribution in [0.3, 0.4) is 0 Å². The summed E-state index contributed by atoms with van der Waals surface area (Å²) in [6.07, 6.45) is 1.87. The summed E-state index contributed by atoms with van der Waals surface area (Å²) in [5.41, 5.74) is 3.83. The highest BCUT2D eigenvalue weighted by atomic mass is 16.5. The van der Waals surface area contributed by atoms with E-state index in [1.807, 2.05) is 38.1 Å². The van der Waals surface area contributed by atoms with Gasteiger partial charge in [0, 0.05) is 12.5 Å². The van der Waals surface area contributed by atoms with Crippen molar-refractivity contribution in [3.05, 3.63) is 59.7 Å². The highest BCUT2D eigenvalue weighted by Crippen LogP contribution is 2.46. The van der Waals surface area contributed by atoms with E-state index in [9.17, 15) is 19.5 Å². The predicted octanol–water partition coefficient (Wildman–Crippen LogP) is 4.31. The molecule has 0 radical (unpaired) electrons. The molecular formula is C27H32N2O5. The van der Waals surface area contributed by atoms with Crippen molar-refractivity contribution >= 4 is 18.0 Å². The minimum Gasteiger partial charge on any atom is -0.480 e. The standard InChI is InChI=1S/C27H32N2O5/c1-3-17(2)14-23(24(30)31)29-25(32)27(12-13-27)16-28-26(33)34-15-22-20-10-6-4-8-18(20)19-9-5-7-11-21(19)22/h4-11,17,22-23H,3,12-16H2,1-2H3,(H,28,33)(H,29,32)(H,30,31). The van der Waals surface area contributed by atoms with E-state index < -0.39 is 23.5 Å². The quantitative estimate of drug-likeness (QED) is 0.486. The van der Waals surface area contributed by atoms with Gasteiger partial charge < -0.3 is 20.5 Å². The maximum atomic E-state index is 12.8. The second-order valence-electron chi connectivity index (χ2n) is 9.57. The molecule has 3 N–H and O–H groups in total. The number of carboxylic acid groups (broad SMARTS) is 1. The van der Waals surface area contributed by atoms with E-state index in [2.05, 4.69) is 34.9 Å². The van der Waals surface area contributed by atoms with Gasteiger partial charge in [-0.25, -0.2) is 9.59 Å². The number of ether oxygens (including phenoxy) is 1. The van der Waals surface area contributed by atoms with E-state index in [0.717, 1.165) is 28.7 Å². The molecule has 0 aromatic heterocycles. The summed E-state index contributed by atoms with van der Waals surface area (Å²) in [6, 6.07) is 15.3. The highest BCUT2D eigenvalue weighted by Gasteiger charge is 2.51. The van der Waals surface area contributed by atoms with Gasteiger partial charge in [0.05, 0.1) is 5.41 Å². The minimum absolute atomic E-state index is 0.0341. The van der Waals surface area contributed by atoms with E-state index in [4.69, 9.17) is 4.74 Å². The Kier molecular flexibility index (Phi) is 6.91. The predicted molar refractivity (Wildman–Crippen MR) is 128 cm³/mol. The van der Waals surface area contributed by atoms with Crippen LogP contribution in [0.15, 0.2) is 48.5 Å². The molecule has 2 aliphatic rings. The minimum atomic E-state index is -1.03. The molecule has 4 rings (SSSR count). The Bertz CT molecular complexity index is 1030. The maximum absolute atomic E-state index is 12.8. The Morgan fingerprint density at radius 1 is 1.06 bits per heavy atom. The number of nitrogens with one attached hydrogen (secondary N) is 2. The Labute approximate surface area is 199 Å². The van der Waals surface area contributed by atoms with E-state index in [0.29, 0.717) is 19.3 Å². The average Bonchev–Trinajstić information content (AvgIpc) is 3.57. The molecule has 2 aliphatic carbocycles. The molecule has 180 valence electrons. The molecule has 0 aliphatic heterocycles. The number of carbonyl (C=O) groups excluding carboxylic acids is 2. The molecule has 2 atom stereocenters. The molecule has 1 saturated carbocycles. The zero-order valence-electron chi connectivity index (χ0n) is 19.7. The van der Waals surface area contributed by atoms with Crippen molar-refractivity contribution in [2.24, 2.45) is 11.3 Å². The topological polar surface area (TPSA) is 105 Å². The van der Waals surface area contributed by atoms with E-state index >= 15 is 0 Å². The third kappa shape index (κ3) is 4.93. The fourth-order valence-electron chi connectivity index (χ4n) is 4.63.